The molecule has 0 unspecified atom stereocenters. The number of nitrogens with zero attached hydrogens (tertiary/aromatic N) is 3. The number of rotatable bonds is 0. The van der Waals surface area contributed by atoms with Gasteiger partial charge in [0.25, 0.3) is 0 Å². The van der Waals surface area contributed by atoms with E-state index in [1.807, 2.05) is 9.80 Å². The summed E-state index contributed by atoms with van der Waals surface area (Å²) in [5.74, 6) is 0. The van der Waals surface area contributed by atoms with E-state index < -0.39 is 5.37 Å². The normalized spacial score (nSPS) is 21.6. The molecule has 3 amide bonds. The van der Waals surface area contributed by atoms with Crippen molar-refractivity contribution in [3.05, 3.63) is 0 Å². The molecule has 6 heteroatoms. The van der Waals surface area contributed by atoms with Crippen LogP contribution >= 0.6 is 11.6 Å². The van der Waals surface area contributed by atoms with E-state index in [1.165, 1.54) is 6.42 Å². The molecular weight excluding hydrogens is 242 g/mol. The van der Waals surface area contributed by atoms with Crippen LogP contribution in [0.3, 0.4) is 0 Å². The average Bonchev–Trinajstić information content (AvgIpc) is 2.39. The first-order chi connectivity index (χ1) is 8.18. The Morgan fingerprint density at radius 1 is 0.706 bits per heavy atom. The Labute approximate surface area is 106 Å². The summed E-state index contributed by atoms with van der Waals surface area (Å²) in [7, 11) is 0. The van der Waals surface area contributed by atoms with Gasteiger partial charge in [0.05, 0.1) is 0 Å². The number of urea groups is 1. The van der Waals surface area contributed by atoms with Crippen LogP contribution in [0.4, 0.5) is 9.59 Å². The number of hydrogen-bond acceptors (Lipinski definition) is 2. The molecule has 2 heterocycles. The van der Waals surface area contributed by atoms with Gasteiger partial charge in [-0.1, -0.05) is 0 Å². The fourth-order valence-corrected chi connectivity index (χ4v) is 2.53. The van der Waals surface area contributed by atoms with Gasteiger partial charge in [-0.15, -0.1) is 0 Å². The SMILES string of the molecule is O=C(Cl)N1CCN(C(=O)N2CCCCC2)CC1. The van der Waals surface area contributed by atoms with Crippen molar-refractivity contribution in [1.82, 2.24) is 14.7 Å². The second-order valence-electron chi connectivity index (χ2n) is 4.56. The van der Waals surface area contributed by atoms with Gasteiger partial charge in [0, 0.05) is 39.3 Å². The Morgan fingerprint density at radius 2 is 1.18 bits per heavy atom. The summed E-state index contributed by atoms with van der Waals surface area (Å²) >= 11 is 5.41. The molecule has 5 nitrogen and oxygen atoms in total. The molecule has 2 aliphatic heterocycles. The zero-order valence-electron chi connectivity index (χ0n) is 9.90. The van der Waals surface area contributed by atoms with Gasteiger partial charge in [0.15, 0.2) is 0 Å². The molecule has 2 fully saturated rings. The number of carbonyl (C=O) groups is 2. The van der Waals surface area contributed by atoms with Gasteiger partial charge in [-0.05, 0) is 30.9 Å². The molecule has 0 aliphatic carbocycles. The largest absolute Gasteiger partial charge is 0.326 e. The maximum absolute atomic E-state index is 12.1. The Morgan fingerprint density at radius 3 is 1.71 bits per heavy atom. The van der Waals surface area contributed by atoms with Crippen molar-refractivity contribution >= 4 is 23.0 Å². The summed E-state index contributed by atoms with van der Waals surface area (Å²) in [5.41, 5.74) is 0. The van der Waals surface area contributed by atoms with E-state index in [4.69, 9.17) is 11.6 Å². The van der Waals surface area contributed by atoms with Gasteiger partial charge in [-0.3, -0.25) is 4.79 Å². The lowest BCUT2D eigenvalue weighted by atomic mass is 10.1. The molecule has 0 N–H and O–H groups in total. The summed E-state index contributed by atoms with van der Waals surface area (Å²) in [6.45, 7) is 4.01. The fourth-order valence-electron chi connectivity index (χ4n) is 2.36. The van der Waals surface area contributed by atoms with Gasteiger partial charge < -0.3 is 14.7 Å². The monoisotopic (exact) mass is 259 g/mol. The highest BCUT2D eigenvalue weighted by Gasteiger charge is 2.27. The van der Waals surface area contributed by atoms with Gasteiger partial charge >= 0.3 is 11.4 Å². The van der Waals surface area contributed by atoms with Crippen LogP contribution in [-0.2, 0) is 0 Å². The van der Waals surface area contributed by atoms with Crippen LogP contribution in [0.5, 0.6) is 0 Å². The van der Waals surface area contributed by atoms with Crippen LogP contribution in [0.1, 0.15) is 19.3 Å². The topological polar surface area (TPSA) is 43.9 Å². The fraction of sp³-hybridized carbons (Fsp3) is 0.818. The van der Waals surface area contributed by atoms with Crippen LogP contribution in [0.2, 0.25) is 0 Å². The molecule has 2 aliphatic rings. The predicted molar refractivity (Wildman–Crippen MR) is 65.2 cm³/mol. The van der Waals surface area contributed by atoms with E-state index in [0.717, 1.165) is 25.9 Å². The Kier molecular flexibility index (Phi) is 4.10. The van der Waals surface area contributed by atoms with Gasteiger partial charge in [0.1, 0.15) is 0 Å². The van der Waals surface area contributed by atoms with E-state index in [-0.39, 0.29) is 6.03 Å². The van der Waals surface area contributed by atoms with E-state index in [2.05, 4.69) is 0 Å². The zero-order chi connectivity index (χ0) is 12.3. The number of amides is 3. The molecule has 2 saturated heterocycles. The minimum Gasteiger partial charge on any atom is -0.326 e. The van der Waals surface area contributed by atoms with Crippen molar-refractivity contribution in [2.45, 2.75) is 19.3 Å². The molecule has 0 aromatic carbocycles. The number of carbonyl (C=O) groups excluding carboxylic acids is 2. The third kappa shape index (κ3) is 3.03. The molecule has 0 atom stereocenters. The maximum Gasteiger partial charge on any atom is 0.320 e. The van der Waals surface area contributed by atoms with Crippen molar-refractivity contribution in [3.63, 3.8) is 0 Å². The smallest absolute Gasteiger partial charge is 0.320 e. The summed E-state index contributed by atoms with van der Waals surface area (Å²) in [6.07, 6.45) is 3.43. The van der Waals surface area contributed by atoms with Crippen molar-refractivity contribution in [3.8, 4) is 0 Å². The minimum atomic E-state index is -0.421. The number of hydrogen-bond donors (Lipinski definition) is 0. The van der Waals surface area contributed by atoms with E-state index in [9.17, 15) is 9.59 Å². The lowest BCUT2D eigenvalue weighted by Gasteiger charge is -2.37. The van der Waals surface area contributed by atoms with Crippen LogP contribution in [0.25, 0.3) is 0 Å². The molecule has 0 aromatic heterocycles. The number of piperidine rings is 1. The van der Waals surface area contributed by atoms with Crippen molar-refractivity contribution < 1.29 is 9.59 Å². The molecule has 17 heavy (non-hydrogen) atoms. The van der Waals surface area contributed by atoms with E-state index >= 15 is 0 Å². The zero-order valence-corrected chi connectivity index (χ0v) is 10.7. The highest BCUT2D eigenvalue weighted by atomic mass is 35.5. The van der Waals surface area contributed by atoms with Gasteiger partial charge in [0.2, 0.25) is 0 Å². The molecular formula is C11H18ClN3O2. The van der Waals surface area contributed by atoms with Crippen molar-refractivity contribution in [2.24, 2.45) is 0 Å². The second-order valence-corrected chi connectivity index (χ2v) is 4.88. The lowest BCUT2D eigenvalue weighted by Crippen LogP contribution is -2.54. The van der Waals surface area contributed by atoms with Crippen LogP contribution in [0, 0.1) is 0 Å². The van der Waals surface area contributed by atoms with E-state index in [1.54, 1.807) is 4.90 Å². The molecule has 0 aromatic rings. The number of halogens is 1. The molecule has 0 spiro atoms. The highest BCUT2D eigenvalue weighted by Crippen LogP contribution is 2.13. The van der Waals surface area contributed by atoms with Crippen molar-refractivity contribution in [2.75, 3.05) is 39.3 Å². The minimum absolute atomic E-state index is 0.117. The summed E-state index contributed by atoms with van der Waals surface area (Å²) < 4.78 is 0. The maximum atomic E-state index is 12.1. The molecule has 2 rings (SSSR count). The number of piperazine rings is 1. The third-order valence-electron chi connectivity index (χ3n) is 3.43. The number of likely N-dealkylation sites (tertiary alicyclic amines) is 1. The van der Waals surface area contributed by atoms with E-state index in [0.29, 0.717) is 26.2 Å². The highest BCUT2D eigenvalue weighted by molar-refractivity contribution is 6.62. The lowest BCUT2D eigenvalue weighted by molar-refractivity contribution is 0.118. The quantitative estimate of drug-likeness (QED) is 0.490. The van der Waals surface area contributed by atoms with Crippen molar-refractivity contribution in [1.29, 1.82) is 0 Å². The summed E-state index contributed by atoms with van der Waals surface area (Å²) in [6, 6.07) is 0.117. The third-order valence-corrected chi connectivity index (χ3v) is 3.66. The summed E-state index contributed by atoms with van der Waals surface area (Å²) in [5, 5.41) is -0.421. The summed E-state index contributed by atoms with van der Waals surface area (Å²) in [4.78, 5) is 28.4. The first kappa shape index (κ1) is 12.5. The van der Waals surface area contributed by atoms with Gasteiger partial charge in [-0.2, -0.15) is 0 Å². The average molecular weight is 260 g/mol. The molecule has 96 valence electrons. The first-order valence-electron chi connectivity index (χ1n) is 6.17. The van der Waals surface area contributed by atoms with Crippen LogP contribution in [-0.4, -0.2) is 65.4 Å². The second kappa shape index (κ2) is 5.58. The van der Waals surface area contributed by atoms with Crippen LogP contribution in [0.15, 0.2) is 0 Å². The standard InChI is InChI=1S/C11H18ClN3O2/c12-10(16)13-6-8-15(9-7-13)11(17)14-4-2-1-3-5-14/h1-9H2. The Hall–Kier alpha value is -0.970. The Bertz CT molecular complexity index is 297. The first-order valence-corrected chi connectivity index (χ1v) is 6.54. The van der Waals surface area contributed by atoms with Crippen LogP contribution < -0.4 is 0 Å². The molecule has 0 saturated carbocycles. The van der Waals surface area contributed by atoms with Gasteiger partial charge in [-0.25, -0.2) is 4.79 Å². The Balaban J connectivity index is 1.83. The molecule has 0 radical (unpaired) electrons. The predicted octanol–water partition coefficient (Wildman–Crippen LogP) is 1.57. The molecule has 0 bridgehead atoms.